The van der Waals surface area contributed by atoms with Gasteiger partial charge in [0.1, 0.15) is 5.75 Å². The van der Waals surface area contributed by atoms with Crippen molar-refractivity contribution in [3.05, 3.63) is 102 Å². The van der Waals surface area contributed by atoms with Crippen molar-refractivity contribution in [3.8, 4) is 5.75 Å². The molecule has 0 aliphatic carbocycles. The van der Waals surface area contributed by atoms with Crippen molar-refractivity contribution < 1.29 is 9.84 Å². The zero-order valence-corrected chi connectivity index (χ0v) is 20.2. The lowest BCUT2D eigenvalue weighted by molar-refractivity contribution is -0.131. The van der Waals surface area contributed by atoms with Gasteiger partial charge >= 0.3 is 0 Å². The molecule has 4 atom stereocenters. The molecule has 174 valence electrons. The molecule has 0 saturated carbocycles. The van der Waals surface area contributed by atoms with Crippen LogP contribution in [0, 0.1) is 5.92 Å². The van der Waals surface area contributed by atoms with Gasteiger partial charge in [-0.3, -0.25) is 4.90 Å². The number of unbranched alkanes of at least 4 members (excludes halogenated alkanes) is 2. The van der Waals surface area contributed by atoms with E-state index in [1.807, 2.05) is 18.2 Å². The molecule has 3 aromatic carbocycles. The molecule has 0 aromatic heterocycles. The van der Waals surface area contributed by atoms with Gasteiger partial charge in [0.2, 0.25) is 0 Å². The predicted molar refractivity (Wildman–Crippen MR) is 135 cm³/mol. The van der Waals surface area contributed by atoms with E-state index in [1.165, 1.54) is 17.5 Å². The second-order valence-corrected chi connectivity index (χ2v) is 9.38. The fourth-order valence-corrected chi connectivity index (χ4v) is 5.80. The molecular weight excluding hydrogens is 406 g/mol. The van der Waals surface area contributed by atoms with E-state index in [-0.39, 0.29) is 18.0 Å². The molecule has 0 spiro atoms. The smallest absolute Gasteiger partial charge is 0.124 e. The summed E-state index contributed by atoms with van der Waals surface area (Å²) in [6.07, 6.45) is 5.04. The van der Waals surface area contributed by atoms with E-state index < -0.39 is 5.60 Å². The molecule has 3 heteroatoms. The maximum absolute atomic E-state index is 12.7. The Labute approximate surface area is 199 Å². The van der Waals surface area contributed by atoms with Gasteiger partial charge in [0, 0.05) is 30.0 Å². The first kappa shape index (κ1) is 23.5. The van der Waals surface area contributed by atoms with Crippen LogP contribution in [0.15, 0.2) is 84.9 Å². The predicted octanol–water partition coefficient (Wildman–Crippen LogP) is 6.90. The number of hydrogen-bond acceptors (Lipinski definition) is 3. The van der Waals surface area contributed by atoms with Crippen LogP contribution in [0.1, 0.15) is 67.8 Å². The van der Waals surface area contributed by atoms with Crippen LogP contribution in [0.2, 0.25) is 0 Å². The van der Waals surface area contributed by atoms with Crippen LogP contribution in [-0.4, -0.2) is 24.2 Å². The number of aliphatic hydroxyl groups is 1. The van der Waals surface area contributed by atoms with Crippen LogP contribution < -0.4 is 4.74 Å². The highest BCUT2D eigenvalue weighted by molar-refractivity contribution is 5.41. The highest BCUT2D eigenvalue weighted by Crippen LogP contribution is 2.56. The first-order chi connectivity index (χ1) is 16.1. The average molecular weight is 444 g/mol. The molecule has 1 aliphatic rings. The number of para-hydroxylation sites is 1. The summed E-state index contributed by atoms with van der Waals surface area (Å²) in [6.45, 7) is 2.24. The van der Waals surface area contributed by atoms with Gasteiger partial charge < -0.3 is 9.84 Å². The van der Waals surface area contributed by atoms with E-state index >= 15 is 0 Å². The van der Waals surface area contributed by atoms with Gasteiger partial charge in [0.05, 0.1) is 12.7 Å². The normalized spacial score (nSPS) is 25.6. The Balaban J connectivity index is 1.88. The summed E-state index contributed by atoms with van der Waals surface area (Å²) in [6, 6.07) is 29.5. The Kier molecular flexibility index (Phi) is 7.52. The van der Waals surface area contributed by atoms with Gasteiger partial charge in [0.15, 0.2) is 0 Å². The van der Waals surface area contributed by atoms with Gasteiger partial charge in [0.25, 0.3) is 0 Å². The Bertz CT molecular complexity index is 1010. The molecule has 1 heterocycles. The number of ether oxygens (including phenoxy) is 1. The molecule has 1 fully saturated rings. The fourth-order valence-electron chi connectivity index (χ4n) is 5.80. The van der Waals surface area contributed by atoms with Gasteiger partial charge in [-0.2, -0.15) is 0 Å². The van der Waals surface area contributed by atoms with Gasteiger partial charge in [-0.25, -0.2) is 0 Å². The van der Waals surface area contributed by atoms with Crippen LogP contribution in [0.4, 0.5) is 0 Å². The van der Waals surface area contributed by atoms with E-state index in [1.54, 1.807) is 7.11 Å². The van der Waals surface area contributed by atoms with Crippen LogP contribution in [0.5, 0.6) is 5.75 Å². The van der Waals surface area contributed by atoms with Crippen molar-refractivity contribution in [2.45, 2.75) is 56.7 Å². The first-order valence-electron chi connectivity index (χ1n) is 12.3. The van der Waals surface area contributed by atoms with Crippen LogP contribution in [0.3, 0.4) is 0 Å². The third kappa shape index (κ3) is 4.71. The molecule has 0 bridgehead atoms. The molecular formula is C30H37NO2. The van der Waals surface area contributed by atoms with E-state index in [2.05, 4.69) is 85.6 Å². The third-order valence-corrected chi connectivity index (χ3v) is 7.45. The van der Waals surface area contributed by atoms with Crippen molar-refractivity contribution in [1.82, 2.24) is 4.90 Å². The van der Waals surface area contributed by atoms with Crippen molar-refractivity contribution in [3.63, 3.8) is 0 Å². The quantitative estimate of drug-likeness (QED) is 0.385. The first-order valence-corrected chi connectivity index (χ1v) is 12.3. The van der Waals surface area contributed by atoms with E-state index in [4.69, 9.17) is 4.74 Å². The monoisotopic (exact) mass is 443 g/mol. The molecule has 0 amide bonds. The van der Waals surface area contributed by atoms with E-state index in [0.29, 0.717) is 6.42 Å². The Morgan fingerprint density at radius 2 is 1.48 bits per heavy atom. The standard InChI is InChI=1S/C30H37NO2/c1-4-5-8-20-26-29(24-17-11-7-12-18-24)31(2)27(23-15-9-6-10-16-23)22-30(26,32)25-19-13-14-21-28(25)33-3/h6-7,9-19,21,26-27,29,32H,4-5,8,20,22H2,1-3H3/t26-,27-,29+,30+/m0/s1. The summed E-state index contributed by atoms with van der Waals surface area (Å²) in [5.41, 5.74) is 2.40. The molecule has 0 radical (unpaired) electrons. The topological polar surface area (TPSA) is 32.7 Å². The molecule has 1 aliphatic heterocycles. The molecule has 3 aromatic rings. The molecule has 1 saturated heterocycles. The highest BCUT2D eigenvalue weighted by Gasteiger charge is 2.52. The zero-order chi connectivity index (χ0) is 23.3. The third-order valence-electron chi connectivity index (χ3n) is 7.45. The van der Waals surface area contributed by atoms with Gasteiger partial charge in [-0.1, -0.05) is 105 Å². The largest absolute Gasteiger partial charge is 0.496 e. The van der Waals surface area contributed by atoms with Crippen LogP contribution in [0.25, 0.3) is 0 Å². The van der Waals surface area contributed by atoms with Gasteiger partial charge in [-0.15, -0.1) is 0 Å². The maximum Gasteiger partial charge on any atom is 0.124 e. The maximum atomic E-state index is 12.7. The second kappa shape index (κ2) is 10.5. The summed E-state index contributed by atoms with van der Waals surface area (Å²) in [5.74, 6) is 0.816. The number of piperidine rings is 1. The van der Waals surface area contributed by atoms with Crippen molar-refractivity contribution in [2.75, 3.05) is 14.2 Å². The summed E-state index contributed by atoms with van der Waals surface area (Å²) < 4.78 is 5.77. The minimum atomic E-state index is -1.01. The molecule has 4 rings (SSSR count). The lowest BCUT2D eigenvalue weighted by Gasteiger charge is -2.54. The molecule has 0 unspecified atom stereocenters. The number of nitrogens with zero attached hydrogens (tertiary/aromatic N) is 1. The molecule has 33 heavy (non-hydrogen) atoms. The van der Waals surface area contributed by atoms with E-state index in [0.717, 1.165) is 30.6 Å². The number of methoxy groups -OCH3 is 1. The number of hydrogen-bond donors (Lipinski definition) is 1. The lowest BCUT2D eigenvalue weighted by atomic mass is 9.65. The minimum absolute atomic E-state index is 0.0488. The number of benzene rings is 3. The Hall–Kier alpha value is -2.62. The van der Waals surface area contributed by atoms with Gasteiger partial charge in [-0.05, 0) is 30.7 Å². The SMILES string of the molecule is CCCCC[C@H]1[C@@H](c2ccccc2)N(C)[C@H](c2ccccc2)C[C@@]1(O)c1ccccc1OC. The lowest BCUT2D eigenvalue weighted by Crippen LogP contribution is -2.52. The summed E-state index contributed by atoms with van der Waals surface area (Å²) in [5, 5.41) is 12.7. The van der Waals surface area contributed by atoms with Crippen LogP contribution in [-0.2, 0) is 5.60 Å². The summed E-state index contributed by atoms with van der Waals surface area (Å²) in [4.78, 5) is 2.49. The molecule has 3 nitrogen and oxygen atoms in total. The highest BCUT2D eigenvalue weighted by atomic mass is 16.5. The van der Waals surface area contributed by atoms with Crippen LogP contribution >= 0.6 is 0 Å². The molecule has 1 N–H and O–H groups in total. The van der Waals surface area contributed by atoms with Crippen molar-refractivity contribution in [1.29, 1.82) is 0 Å². The second-order valence-electron chi connectivity index (χ2n) is 9.38. The summed E-state index contributed by atoms with van der Waals surface area (Å²) >= 11 is 0. The van der Waals surface area contributed by atoms with E-state index in [9.17, 15) is 5.11 Å². The number of rotatable bonds is 8. The Morgan fingerprint density at radius 3 is 2.12 bits per heavy atom. The summed E-state index contributed by atoms with van der Waals surface area (Å²) in [7, 11) is 3.93. The van der Waals surface area contributed by atoms with Crippen molar-refractivity contribution in [2.24, 2.45) is 5.92 Å². The average Bonchev–Trinajstić information content (AvgIpc) is 2.87. The van der Waals surface area contributed by atoms with Crippen molar-refractivity contribution >= 4 is 0 Å². The number of likely N-dealkylation sites (tertiary alicyclic amines) is 1. The minimum Gasteiger partial charge on any atom is -0.496 e. The zero-order valence-electron chi connectivity index (χ0n) is 20.2. The Morgan fingerprint density at radius 1 is 0.879 bits per heavy atom. The fraction of sp³-hybridized carbons (Fsp3) is 0.400.